The Kier molecular flexibility index (Phi) is 5.48. The Hall–Kier alpha value is -1.96. The SMILES string of the molecule is Nc1ccc(N)c(CCCCCCc2ccccc2)c1. The second kappa shape index (κ2) is 7.59. The largest absolute Gasteiger partial charge is 0.399 e. The molecule has 0 atom stereocenters. The van der Waals surface area contributed by atoms with Gasteiger partial charge in [0, 0.05) is 11.4 Å². The first-order chi connectivity index (χ1) is 9.75. The van der Waals surface area contributed by atoms with E-state index in [9.17, 15) is 0 Å². The van der Waals surface area contributed by atoms with E-state index in [0.717, 1.165) is 17.8 Å². The highest BCUT2D eigenvalue weighted by molar-refractivity contribution is 5.55. The van der Waals surface area contributed by atoms with E-state index in [1.54, 1.807) is 0 Å². The van der Waals surface area contributed by atoms with Crippen LogP contribution in [0.4, 0.5) is 11.4 Å². The van der Waals surface area contributed by atoms with Crippen LogP contribution in [0.1, 0.15) is 36.8 Å². The molecule has 0 aliphatic heterocycles. The molecule has 0 saturated heterocycles. The molecule has 2 nitrogen and oxygen atoms in total. The van der Waals surface area contributed by atoms with Crippen LogP contribution in [0.5, 0.6) is 0 Å². The minimum Gasteiger partial charge on any atom is -0.399 e. The lowest BCUT2D eigenvalue weighted by molar-refractivity contribution is 0.641. The molecule has 2 rings (SSSR count). The lowest BCUT2D eigenvalue weighted by Crippen LogP contribution is -1.97. The molecule has 0 bridgehead atoms. The van der Waals surface area contributed by atoms with Gasteiger partial charge in [-0.2, -0.15) is 0 Å². The van der Waals surface area contributed by atoms with Gasteiger partial charge >= 0.3 is 0 Å². The van der Waals surface area contributed by atoms with Gasteiger partial charge in [0.25, 0.3) is 0 Å². The first-order valence-electron chi connectivity index (χ1n) is 7.43. The Labute approximate surface area is 121 Å². The molecular formula is C18H24N2. The van der Waals surface area contributed by atoms with Gasteiger partial charge < -0.3 is 11.5 Å². The Morgan fingerprint density at radius 1 is 0.700 bits per heavy atom. The van der Waals surface area contributed by atoms with Crippen LogP contribution in [-0.4, -0.2) is 0 Å². The van der Waals surface area contributed by atoms with E-state index in [4.69, 9.17) is 11.5 Å². The average molecular weight is 268 g/mol. The highest BCUT2D eigenvalue weighted by Gasteiger charge is 2.00. The van der Waals surface area contributed by atoms with E-state index in [1.165, 1.54) is 43.2 Å². The monoisotopic (exact) mass is 268 g/mol. The first kappa shape index (κ1) is 14.4. The zero-order valence-corrected chi connectivity index (χ0v) is 12.0. The van der Waals surface area contributed by atoms with Crippen LogP contribution in [0.2, 0.25) is 0 Å². The number of unbranched alkanes of at least 4 members (excludes halogenated alkanes) is 3. The highest BCUT2D eigenvalue weighted by atomic mass is 14.6. The molecule has 0 aliphatic rings. The summed E-state index contributed by atoms with van der Waals surface area (Å²) in [6.07, 6.45) is 7.18. The predicted molar refractivity (Wildman–Crippen MR) is 87.6 cm³/mol. The fourth-order valence-corrected chi connectivity index (χ4v) is 2.48. The fraction of sp³-hybridized carbons (Fsp3) is 0.333. The summed E-state index contributed by atoms with van der Waals surface area (Å²) in [7, 11) is 0. The van der Waals surface area contributed by atoms with Gasteiger partial charge in [-0.1, -0.05) is 43.2 Å². The van der Waals surface area contributed by atoms with Gasteiger partial charge in [-0.3, -0.25) is 0 Å². The van der Waals surface area contributed by atoms with Gasteiger partial charge in [0.15, 0.2) is 0 Å². The number of rotatable bonds is 7. The van der Waals surface area contributed by atoms with Crippen molar-refractivity contribution in [3.05, 3.63) is 59.7 Å². The van der Waals surface area contributed by atoms with Crippen molar-refractivity contribution in [3.8, 4) is 0 Å². The quantitative estimate of drug-likeness (QED) is 0.584. The molecule has 0 saturated carbocycles. The smallest absolute Gasteiger partial charge is 0.0348 e. The molecule has 0 radical (unpaired) electrons. The lowest BCUT2D eigenvalue weighted by atomic mass is 10.0. The molecule has 0 amide bonds. The highest BCUT2D eigenvalue weighted by Crippen LogP contribution is 2.18. The number of hydrogen-bond donors (Lipinski definition) is 2. The normalized spacial score (nSPS) is 10.6. The molecule has 0 aliphatic carbocycles. The van der Waals surface area contributed by atoms with Gasteiger partial charge in [0.05, 0.1) is 0 Å². The summed E-state index contributed by atoms with van der Waals surface area (Å²) in [6, 6.07) is 16.5. The third kappa shape index (κ3) is 4.61. The minimum absolute atomic E-state index is 0.804. The van der Waals surface area contributed by atoms with Crippen molar-refractivity contribution in [3.63, 3.8) is 0 Å². The standard InChI is InChI=1S/C18H24N2/c19-17-12-13-18(20)16(14-17)11-7-2-1-4-8-15-9-5-3-6-10-15/h3,5-6,9-10,12-14H,1-2,4,7-8,11,19-20H2. The topological polar surface area (TPSA) is 52.0 Å². The van der Waals surface area contributed by atoms with E-state index in [0.29, 0.717) is 0 Å². The van der Waals surface area contributed by atoms with E-state index < -0.39 is 0 Å². The van der Waals surface area contributed by atoms with Crippen LogP contribution in [-0.2, 0) is 12.8 Å². The van der Waals surface area contributed by atoms with Crippen LogP contribution in [0.3, 0.4) is 0 Å². The Bertz CT molecular complexity index is 520. The van der Waals surface area contributed by atoms with E-state index >= 15 is 0 Å². The zero-order chi connectivity index (χ0) is 14.2. The summed E-state index contributed by atoms with van der Waals surface area (Å²) in [5, 5.41) is 0. The third-order valence-corrected chi connectivity index (χ3v) is 3.67. The summed E-state index contributed by atoms with van der Waals surface area (Å²) < 4.78 is 0. The molecular weight excluding hydrogens is 244 g/mol. The van der Waals surface area contributed by atoms with Gasteiger partial charge in [0.2, 0.25) is 0 Å². The molecule has 4 N–H and O–H groups in total. The third-order valence-electron chi connectivity index (χ3n) is 3.67. The average Bonchev–Trinajstić information content (AvgIpc) is 2.47. The zero-order valence-electron chi connectivity index (χ0n) is 12.0. The van der Waals surface area contributed by atoms with Crippen LogP contribution in [0.15, 0.2) is 48.5 Å². The van der Waals surface area contributed by atoms with Crippen LogP contribution in [0, 0.1) is 0 Å². The summed E-state index contributed by atoms with van der Waals surface area (Å²) in [5.41, 5.74) is 16.0. The molecule has 106 valence electrons. The summed E-state index contributed by atoms with van der Waals surface area (Å²) in [4.78, 5) is 0. The van der Waals surface area contributed by atoms with Gasteiger partial charge in [-0.15, -0.1) is 0 Å². The van der Waals surface area contributed by atoms with Crippen LogP contribution >= 0.6 is 0 Å². The van der Waals surface area contributed by atoms with Crippen molar-refractivity contribution in [1.82, 2.24) is 0 Å². The molecule has 0 fully saturated rings. The molecule has 0 spiro atoms. The van der Waals surface area contributed by atoms with Crippen molar-refractivity contribution < 1.29 is 0 Å². The van der Waals surface area contributed by atoms with Crippen molar-refractivity contribution in [1.29, 1.82) is 0 Å². The van der Waals surface area contributed by atoms with Crippen molar-refractivity contribution >= 4 is 11.4 Å². The van der Waals surface area contributed by atoms with Gasteiger partial charge in [-0.25, -0.2) is 0 Å². The summed E-state index contributed by atoms with van der Waals surface area (Å²) in [6.45, 7) is 0. The number of aryl methyl sites for hydroxylation is 2. The summed E-state index contributed by atoms with van der Waals surface area (Å²) >= 11 is 0. The van der Waals surface area contributed by atoms with E-state index in [1.807, 2.05) is 18.2 Å². The maximum absolute atomic E-state index is 5.95. The molecule has 20 heavy (non-hydrogen) atoms. The fourth-order valence-electron chi connectivity index (χ4n) is 2.48. The second-order valence-corrected chi connectivity index (χ2v) is 5.36. The molecule has 0 aromatic heterocycles. The Morgan fingerprint density at radius 2 is 1.40 bits per heavy atom. The number of nitrogen functional groups attached to an aromatic ring is 2. The molecule has 2 aromatic carbocycles. The van der Waals surface area contributed by atoms with Crippen molar-refractivity contribution in [2.75, 3.05) is 11.5 Å². The Balaban J connectivity index is 1.63. The van der Waals surface area contributed by atoms with Crippen LogP contribution in [0.25, 0.3) is 0 Å². The molecule has 2 heteroatoms. The van der Waals surface area contributed by atoms with E-state index in [-0.39, 0.29) is 0 Å². The number of hydrogen-bond acceptors (Lipinski definition) is 2. The predicted octanol–water partition coefficient (Wildman–Crippen LogP) is 4.20. The molecule has 2 aromatic rings. The number of anilines is 2. The second-order valence-electron chi connectivity index (χ2n) is 5.36. The Morgan fingerprint density at radius 3 is 2.15 bits per heavy atom. The van der Waals surface area contributed by atoms with Crippen molar-refractivity contribution in [2.45, 2.75) is 38.5 Å². The number of nitrogens with two attached hydrogens (primary N) is 2. The van der Waals surface area contributed by atoms with Crippen molar-refractivity contribution in [2.24, 2.45) is 0 Å². The lowest BCUT2D eigenvalue weighted by Gasteiger charge is -2.07. The maximum atomic E-state index is 5.95. The number of benzene rings is 2. The maximum Gasteiger partial charge on any atom is 0.0348 e. The molecule has 0 heterocycles. The van der Waals surface area contributed by atoms with Crippen LogP contribution < -0.4 is 11.5 Å². The minimum atomic E-state index is 0.804. The summed E-state index contributed by atoms with van der Waals surface area (Å²) in [5.74, 6) is 0. The van der Waals surface area contributed by atoms with E-state index in [2.05, 4.69) is 30.3 Å². The van der Waals surface area contributed by atoms with Gasteiger partial charge in [-0.05, 0) is 55.0 Å². The first-order valence-corrected chi connectivity index (χ1v) is 7.43. The van der Waals surface area contributed by atoms with Gasteiger partial charge in [0.1, 0.15) is 0 Å². The molecule has 0 unspecified atom stereocenters.